The quantitative estimate of drug-likeness (QED) is 0.217. The SMILES string of the molecule is NC[C@H]1O[C@H](O)[C@H](NC(=O)N(CCCl)N=O)[C@@H](O)[C@@H]1O. The Kier molecular flexibility index (Phi) is 6.52. The molecule has 2 amide bonds. The Labute approximate surface area is 119 Å². The first-order valence-corrected chi connectivity index (χ1v) is 6.36. The van der Waals surface area contributed by atoms with Crippen LogP contribution >= 0.6 is 11.6 Å². The molecule has 1 saturated heterocycles. The number of nitrogens with two attached hydrogens (primary N) is 1. The van der Waals surface area contributed by atoms with Crippen molar-refractivity contribution in [3.8, 4) is 0 Å². The van der Waals surface area contributed by atoms with Crippen LogP contribution in [0, 0.1) is 4.91 Å². The van der Waals surface area contributed by atoms with Crippen molar-refractivity contribution in [2.45, 2.75) is 30.6 Å². The normalized spacial score (nSPS) is 33.5. The molecule has 0 saturated carbocycles. The van der Waals surface area contributed by atoms with E-state index < -0.39 is 36.7 Å². The largest absolute Gasteiger partial charge is 0.388 e. The van der Waals surface area contributed by atoms with Crippen LogP contribution in [0.4, 0.5) is 4.79 Å². The zero-order chi connectivity index (χ0) is 15.3. The molecule has 11 heteroatoms. The van der Waals surface area contributed by atoms with Gasteiger partial charge in [-0.15, -0.1) is 16.5 Å². The molecule has 1 aliphatic rings. The smallest absolute Gasteiger partial charge is 0.340 e. The number of hydrogen-bond donors (Lipinski definition) is 5. The summed E-state index contributed by atoms with van der Waals surface area (Å²) in [6.07, 6.45) is -5.45. The summed E-state index contributed by atoms with van der Waals surface area (Å²) in [5.41, 5.74) is 5.30. The maximum Gasteiger partial charge on any atom is 0.340 e. The van der Waals surface area contributed by atoms with Crippen molar-refractivity contribution in [3.63, 3.8) is 0 Å². The predicted molar refractivity (Wildman–Crippen MR) is 67.5 cm³/mol. The molecule has 20 heavy (non-hydrogen) atoms. The van der Waals surface area contributed by atoms with Gasteiger partial charge in [-0.2, -0.15) is 5.01 Å². The minimum atomic E-state index is -1.59. The summed E-state index contributed by atoms with van der Waals surface area (Å²) in [5.74, 6) is -0.0245. The highest BCUT2D eigenvalue weighted by molar-refractivity contribution is 6.18. The number of urea groups is 1. The lowest BCUT2D eigenvalue weighted by Crippen LogP contribution is -2.65. The third-order valence-corrected chi connectivity index (χ3v) is 3.04. The first-order chi connectivity index (χ1) is 9.46. The standard InChI is InChI=1S/C9H17ClN4O6/c10-1-2-14(13-19)9(18)12-5-7(16)6(15)4(3-11)20-8(5)17/h4-8,15-17H,1-3,11H2,(H,12,18)/t4-,5-,6-,7-,8+/m1/s1. The molecule has 10 nitrogen and oxygen atoms in total. The predicted octanol–water partition coefficient (Wildman–Crippen LogP) is -2.32. The highest BCUT2D eigenvalue weighted by Gasteiger charge is 2.44. The molecule has 1 fully saturated rings. The minimum absolute atomic E-state index is 0.0245. The second kappa shape index (κ2) is 7.67. The molecule has 0 aromatic heterocycles. The van der Waals surface area contributed by atoms with E-state index >= 15 is 0 Å². The van der Waals surface area contributed by atoms with E-state index in [4.69, 9.17) is 22.1 Å². The number of alkyl halides is 1. The van der Waals surface area contributed by atoms with Gasteiger partial charge < -0.3 is 31.1 Å². The van der Waals surface area contributed by atoms with Gasteiger partial charge in [0.25, 0.3) is 0 Å². The Morgan fingerprint density at radius 2 is 2.05 bits per heavy atom. The lowest BCUT2D eigenvalue weighted by Gasteiger charge is -2.40. The number of carbonyl (C=O) groups excluding carboxylic acids is 1. The summed E-state index contributed by atoms with van der Waals surface area (Å²) in [6.45, 7) is -0.269. The van der Waals surface area contributed by atoms with Gasteiger partial charge in [0, 0.05) is 12.4 Å². The Morgan fingerprint density at radius 1 is 1.40 bits per heavy atom. The first-order valence-electron chi connectivity index (χ1n) is 5.83. The van der Waals surface area contributed by atoms with Crippen LogP contribution in [0.25, 0.3) is 0 Å². The van der Waals surface area contributed by atoms with Gasteiger partial charge in [0.15, 0.2) is 6.29 Å². The number of halogens is 1. The van der Waals surface area contributed by atoms with Crippen LogP contribution in [0.2, 0.25) is 0 Å². The molecule has 0 bridgehead atoms. The maximum absolute atomic E-state index is 11.7. The second-order valence-corrected chi connectivity index (χ2v) is 4.53. The van der Waals surface area contributed by atoms with Gasteiger partial charge in [-0.1, -0.05) is 0 Å². The van der Waals surface area contributed by atoms with Crippen molar-refractivity contribution >= 4 is 17.6 Å². The van der Waals surface area contributed by atoms with Crippen LogP contribution in [0.5, 0.6) is 0 Å². The average molecular weight is 313 g/mol. The van der Waals surface area contributed by atoms with Crippen molar-refractivity contribution in [2.75, 3.05) is 19.0 Å². The third kappa shape index (κ3) is 3.75. The second-order valence-electron chi connectivity index (χ2n) is 4.15. The molecule has 0 aromatic rings. The van der Waals surface area contributed by atoms with Gasteiger partial charge in [-0.3, -0.25) is 0 Å². The molecular formula is C9H17ClN4O6. The number of aliphatic hydroxyl groups excluding tert-OH is 3. The highest BCUT2D eigenvalue weighted by Crippen LogP contribution is 2.19. The minimum Gasteiger partial charge on any atom is -0.388 e. The molecule has 1 aliphatic heterocycles. The van der Waals surface area contributed by atoms with E-state index in [2.05, 4.69) is 10.6 Å². The molecule has 1 heterocycles. The molecule has 0 aromatic carbocycles. The van der Waals surface area contributed by atoms with E-state index in [1.165, 1.54) is 0 Å². The molecule has 5 atom stereocenters. The van der Waals surface area contributed by atoms with Crippen LogP contribution in [-0.2, 0) is 4.74 Å². The average Bonchev–Trinajstić information content (AvgIpc) is 2.44. The molecule has 0 radical (unpaired) electrons. The van der Waals surface area contributed by atoms with Gasteiger partial charge in [-0.05, 0) is 0 Å². The van der Waals surface area contributed by atoms with E-state index in [1.807, 2.05) is 0 Å². The highest BCUT2D eigenvalue weighted by atomic mass is 35.5. The van der Waals surface area contributed by atoms with Gasteiger partial charge in [0.2, 0.25) is 0 Å². The molecule has 1 rings (SSSR count). The van der Waals surface area contributed by atoms with E-state index in [1.54, 1.807) is 0 Å². The first kappa shape index (κ1) is 17.0. The summed E-state index contributed by atoms with van der Waals surface area (Å²) < 4.78 is 4.96. The van der Waals surface area contributed by atoms with Crippen molar-refractivity contribution in [3.05, 3.63) is 4.91 Å². The Balaban J connectivity index is 2.70. The number of aliphatic hydroxyl groups is 3. The van der Waals surface area contributed by atoms with Crippen molar-refractivity contribution in [1.29, 1.82) is 0 Å². The van der Waals surface area contributed by atoms with Crippen LogP contribution < -0.4 is 11.1 Å². The van der Waals surface area contributed by atoms with Crippen LogP contribution in [0.1, 0.15) is 0 Å². The van der Waals surface area contributed by atoms with Crippen LogP contribution in [-0.4, -0.2) is 76.0 Å². The summed E-state index contributed by atoms with van der Waals surface area (Å²) >= 11 is 5.38. The summed E-state index contributed by atoms with van der Waals surface area (Å²) in [5, 5.41) is 34.3. The van der Waals surface area contributed by atoms with E-state index in [9.17, 15) is 25.0 Å². The molecular weight excluding hydrogens is 296 g/mol. The van der Waals surface area contributed by atoms with Gasteiger partial charge >= 0.3 is 6.03 Å². The lowest BCUT2D eigenvalue weighted by atomic mass is 9.97. The number of nitroso groups, excluding NO2 is 1. The van der Waals surface area contributed by atoms with Crippen molar-refractivity contribution in [2.24, 2.45) is 11.0 Å². The number of nitrogens with one attached hydrogen (secondary N) is 1. The number of amides is 2. The fourth-order valence-electron chi connectivity index (χ4n) is 1.77. The van der Waals surface area contributed by atoms with Crippen LogP contribution in [0.3, 0.4) is 0 Å². The fourth-order valence-corrected chi connectivity index (χ4v) is 1.93. The lowest BCUT2D eigenvalue weighted by molar-refractivity contribution is -0.243. The molecule has 116 valence electrons. The molecule has 0 unspecified atom stereocenters. The van der Waals surface area contributed by atoms with E-state index in [-0.39, 0.29) is 19.0 Å². The number of hydrogen-bond acceptors (Lipinski definition) is 8. The van der Waals surface area contributed by atoms with Crippen LogP contribution in [0.15, 0.2) is 5.29 Å². The molecule has 0 spiro atoms. The Bertz CT molecular complexity index is 348. The third-order valence-electron chi connectivity index (χ3n) is 2.87. The van der Waals surface area contributed by atoms with Gasteiger partial charge in [0.05, 0.1) is 11.8 Å². The number of rotatable bonds is 5. The zero-order valence-corrected chi connectivity index (χ0v) is 11.2. The van der Waals surface area contributed by atoms with Crippen molar-refractivity contribution in [1.82, 2.24) is 10.3 Å². The van der Waals surface area contributed by atoms with E-state index in [0.717, 1.165) is 0 Å². The topological polar surface area (TPSA) is 158 Å². The number of carbonyl (C=O) groups is 1. The zero-order valence-electron chi connectivity index (χ0n) is 10.4. The summed E-state index contributed by atoms with van der Waals surface area (Å²) in [7, 11) is 0. The van der Waals surface area contributed by atoms with Gasteiger partial charge in [0.1, 0.15) is 24.4 Å². The summed E-state index contributed by atoms with van der Waals surface area (Å²) in [6, 6.07) is -2.31. The Hall–Kier alpha value is -1.04. The maximum atomic E-state index is 11.7. The molecule has 6 N–H and O–H groups in total. The van der Waals surface area contributed by atoms with Crippen molar-refractivity contribution < 1.29 is 24.9 Å². The van der Waals surface area contributed by atoms with Gasteiger partial charge in [-0.25, -0.2) is 4.79 Å². The fraction of sp³-hybridized carbons (Fsp3) is 0.889. The summed E-state index contributed by atoms with van der Waals surface area (Å²) in [4.78, 5) is 22.1. The molecule has 0 aliphatic carbocycles. The Morgan fingerprint density at radius 3 is 2.55 bits per heavy atom. The number of ether oxygens (including phenoxy) is 1. The van der Waals surface area contributed by atoms with E-state index in [0.29, 0.717) is 5.01 Å². The number of nitrogens with zero attached hydrogens (tertiary/aromatic N) is 2. The monoisotopic (exact) mass is 312 g/mol.